The van der Waals surface area contributed by atoms with Gasteiger partial charge in [0.25, 0.3) is 0 Å². The number of carbonyl (C=O) groups is 4. The van der Waals surface area contributed by atoms with E-state index < -0.39 is 35.3 Å². The molecule has 0 bridgehead atoms. The van der Waals surface area contributed by atoms with Crippen molar-refractivity contribution in [1.82, 2.24) is 19.9 Å². The summed E-state index contributed by atoms with van der Waals surface area (Å²) in [5.74, 6) is -5.28. The van der Waals surface area contributed by atoms with Gasteiger partial charge in [-0.1, -0.05) is 0 Å². The lowest BCUT2D eigenvalue weighted by Crippen LogP contribution is -2.12. The normalized spacial score (nSPS) is 9.33. The van der Waals surface area contributed by atoms with Crippen LogP contribution in [0.25, 0.3) is 0 Å². The van der Waals surface area contributed by atoms with Gasteiger partial charge in [0.15, 0.2) is 22.8 Å². The van der Waals surface area contributed by atoms with E-state index in [2.05, 4.69) is 19.9 Å². The molecule has 0 radical (unpaired) electrons. The van der Waals surface area contributed by atoms with E-state index in [4.69, 9.17) is 20.4 Å². The Kier molecular flexibility index (Phi) is 5.94. The molecule has 0 saturated heterocycles. The highest BCUT2D eigenvalue weighted by Crippen LogP contribution is 2.00. The Labute approximate surface area is 132 Å². The van der Waals surface area contributed by atoms with Crippen molar-refractivity contribution < 1.29 is 39.6 Å². The van der Waals surface area contributed by atoms with Gasteiger partial charge in [0.05, 0.1) is 12.4 Å². The quantitative estimate of drug-likeness (QED) is 0.570. The summed E-state index contributed by atoms with van der Waals surface area (Å²) in [6.45, 7) is 0. The van der Waals surface area contributed by atoms with E-state index in [0.29, 0.717) is 0 Å². The van der Waals surface area contributed by atoms with Gasteiger partial charge in [-0.05, 0) is 0 Å². The second-order valence-corrected chi connectivity index (χ2v) is 3.76. The number of carboxylic acid groups (broad SMARTS) is 4. The number of hydrogen-bond acceptors (Lipinski definition) is 8. The number of rotatable bonds is 4. The third-order valence-electron chi connectivity index (χ3n) is 2.19. The minimum atomic E-state index is -1.40. The van der Waals surface area contributed by atoms with E-state index >= 15 is 0 Å². The fourth-order valence-corrected chi connectivity index (χ4v) is 1.20. The molecule has 0 aliphatic rings. The molecule has 0 atom stereocenters. The molecule has 0 amide bonds. The van der Waals surface area contributed by atoms with Crippen molar-refractivity contribution in [2.24, 2.45) is 0 Å². The van der Waals surface area contributed by atoms with Gasteiger partial charge in [0, 0.05) is 12.4 Å². The van der Waals surface area contributed by atoms with Crippen LogP contribution in [0.2, 0.25) is 0 Å². The van der Waals surface area contributed by atoms with Crippen LogP contribution in [0.5, 0.6) is 0 Å². The fourth-order valence-electron chi connectivity index (χ4n) is 1.20. The molecule has 2 heterocycles. The smallest absolute Gasteiger partial charge is 0.357 e. The molecular formula is C12H8N4O8. The molecular weight excluding hydrogens is 328 g/mol. The Hall–Kier alpha value is -3.96. The van der Waals surface area contributed by atoms with Crippen molar-refractivity contribution in [3.05, 3.63) is 47.6 Å². The average molecular weight is 336 g/mol. The van der Waals surface area contributed by atoms with Crippen LogP contribution in [0.1, 0.15) is 42.0 Å². The monoisotopic (exact) mass is 336 g/mol. The van der Waals surface area contributed by atoms with Gasteiger partial charge < -0.3 is 20.4 Å². The largest absolute Gasteiger partial charge is 0.476 e. The SMILES string of the molecule is O=C(O)c1cnc(C(=O)O)cn1.O=C(O)c1nccnc1C(=O)O. The Bertz CT molecular complexity index is 724. The van der Waals surface area contributed by atoms with Crippen LogP contribution >= 0.6 is 0 Å². The first-order valence-corrected chi connectivity index (χ1v) is 5.80. The zero-order chi connectivity index (χ0) is 18.3. The molecule has 2 rings (SSSR count). The Morgan fingerprint density at radius 3 is 1.12 bits per heavy atom. The van der Waals surface area contributed by atoms with E-state index in [-0.39, 0.29) is 11.4 Å². The molecule has 0 spiro atoms. The summed E-state index contributed by atoms with van der Waals surface area (Å²) in [5, 5.41) is 33.6. The summed E-state index contributed by atoms with van der Waals surface area (Å²) in [4.78, 5) is 54.6. The molecule has 0 fully saturated rings. The molecule has 2 aromatic heterocycles. The number of carboxylic acids is 4. The molecule has 0 aliphatic carbocycles. The number of hydrogen-bond donors (Lipinski definition) is 4. The van der Waals surface area contributed by atoms with E-state index in [9.17, 15) is 19.2 Å². The van der Waals surface area contributed by atoms with E-state index in [0.717, 1.165) is 24.8 Å². The van der Waals surface area contributed by atoms with E-state index in [1.165, 1.54) is 0 Å². The standard InChI is InChI=1S/2C6H4N2O4/c9-5(10)3-1-7-4(2-8-3)6(11)12;9-5(10)3-4(6(11)12)8-2-1-7-3/h2*1-2H,(H,9,10)(H,11,12). The van der Waals surface area contributed by atoms with Crippen molar-refractivity contribution in [2.75, 3.05) is 0 Å². The maximum absolute atomic E-state index is 10.4. The van der Waals surface area contributed by atoms with Crippen LogP contribution in [-0.4, -0.2) is 64.2 Å². The van der Waals surface area contributed by atoms with Gasteiger partial charge >= 0.3 is 23.9 Å². The highest BCUT2D eigenvalue weighted by atomic mass is 16.4. The summed E-state index contributed by atoms with van der Waals surface area (Å²) >= 11 is 0. The van der Waals surface area contributed by atoms with Crippen LogP contribution in [-0.2, 0) is 0 Å². The fraction of sp³-hybridized carbons (Fsp3) is 0. The average Bonchev–Trinajstić information content (AvgIpc) is 2.55. The minimum absolute atomic E-state index is 0.278. The van der Waals surface area contributed by atoms with Crippen molar-refractivity contribution in [2.45, 2.75) is 0 Å². The van der Waals surface area contributed by atoms with Crippen LogP contribution in [0.4, 0.5) is 0 Å². The van der Waals surface area contributed by atoms with Gasteiger partial charge in [-0.25, -0.2) is 39.1 Å². The maximum atomic E-state index is 10.4. The summed E-state index contributed by atoms with van der Waals surface area (Å²) in [5.41, 5.74) is -1.66. The predicted octanol–water partition coefficient (Wildman–Crippen LogP) is -0.254. The van der Waals surface area contributed by atoms with Gasteiger partial charge in [-0.3, -0.25) is 0 Å². The van der Waals surface area contributed by atoms with Crippen LogP contribution in [0.15, 0.2) is 24.8 Å². The van der Waals surface area contributed by atoms with Crippen molar-refractivity contribution in [3.8, 4) is 0 Å². The zero-order valence-electron chi connectivity index (χ0n) is 11.5. The van der Waals surface area contributed by atoms with Crippen LogP contribution in [0.3, 0.4) is 0 Å². The number of aromatic nitrogens is 4. The Morgan fingerprint density at radius 1 is 0.583 bits per heavy atom. The summed E-state index contributed by atoms with van der Waals surface area (Å²) < 4.78 is 0. The molecule has 24 heavy (non-hydrogen) atoms. The van der Waals surface area contributed by atoms with Crippen molar-refractivity contribution in [1.29, 1.82) is 0 Å². The van der Waals surface area contributed by atoms with Gasteiger partial charge in [-0.2, -0.15) is 0 Å². The molecule has 12 nitrogen and oxygen atoms in total. The molecule has 0 aromatic carbocycles. The lowest BCUT2D eigenvalue weighted by molar-refractivity contribution is 0.0641. The molecule has 0 saturated carbocycles. The third-order valence-corrected chi connectivity index (χ3v) is 2.19. The summed E-state index contributed by atoms with van der Waals surface area (Å²) in [6, 6.07) is 0. The predicted molar refractivity (Wildman–Crippen MR) is 71.9 cm³/mol. The molecule has 2 aromatic rings. The van der Waals surface area contributed by atoms with Crippen molar-refractivity contribution in [3.63, 3.8) is 0 Å². The molecule has 0 aliphatic heterocycles. The zero-order valence-corrected chi connectivity index (χ0v) is 11.5. The second kappa shape index (κ2) is 7.88. The van der Waals surface area contributed by atoms with Crippen molar-refractivity contribution >= 4 is 23.9 Å². The Balaban J connectivity index is 0.000000240. The maximum Gasteiger partial charge on any atom is 0.357 e. The van der Waals surface area contributed by atoms with Gasteiger partial charge in [0.1, 0.15) is 0 Å². The number of nitrogens with zero attached hydrogens (tertiary/aromatic N) is 4. The minimum Gasteiger partial charge on any atom is -0.476 e. The van der Waals surface area contributed by atoms with Crippen LogP contribution < -0.4 is 0 Å². The van der Waals surface area contributed by atoms with E-state index in [1.807, 2.05) is 0 Å². The molecule has 4 N–H and O–H groups in total. The third kappa shape index (κ3) is 4.80. The first kappa shape index (κ1) is 18.1. The summed E-state index contributed by atoms with van der Waals surface area (Å²) in [7, 11) is 0. The molecule has 124 valence electrons. The van der Waals surface area contributed by atoms with E-state index in [1.54, 1.807) is 0 Å². The highest BCUT2D eigenvalue weighted by molar-refractivity contribution is 5.98. The first-order chi connectivity index (χ1) is 11.2. The molecule has 12 heteroatoms. The first-order valence-electron chi connectivity index (χ1n) is 5.80. The lowest BCUT2D eigenvalue weighted by atomic mass is 10.3. The van der Waals surface area contributed by atoms with Gasteiger partial charge in [0.2, 0.25) is 0 Å². The Morgan fingerprint density at radius 2 is 0.917 bits per heavy atom. The van der Waals surface area contributed by atoms with Gasteiger partial charge in [-0.15, -0.1) is 0 Å². The topological polar surface area (TPSA) is 201 Å². The number of aromatic carboxylic acids is 4. The second-order valence-electron chi connectivity index (χ2n) is 3.76. The summed E-state index contributed by atoms with van der Waals surface area (Å²) in [6.07, 6.45) is 4.03. The molecule has 0 unspecified atom stereocenters. The van der Waals surface area contributed by atoms with Crippen LogP contribution in [0, 0.1) is 0 Å². The highest BCUT2D eigenvalue weighted by Gasteiger charge is 2.17. The lowest BCUT2D eigenvalue weighted by Gasteiger charge is -1.96.